The van der Waals surface area contributed by atoms with E-state index in [2.05, 4.69) is 33.8 Å². The Balaban J connectivity index is 1.50. The summed E-state index contributed by atoms with van der Waals surface area (Å²) >= 11 is 0. The molecule has 2 N–H and O–H groups in total. The van der Waals surface area contributed by atoms with E-state index >= 15 is 0 Å². The Labute approximate surface area is 163 Å². The van der Waals surface area contributed by atoms with Gasteiger partial charge in [0.2, 0.25) is 0 Å². The van der Waals surface area contributed by atoms with Gasteiger partial charge >= 0.3 is 0 Å². The molecule has 4 atom stereocenters. The highest BCUT2D eigenvalue weighted by Crippen LogP contribution is 2.42. The second-order valence-corrected chi connectivity index (χ2v) is 8.56. The molecule has 4 nitrogen and oxygen atoms in total. The molecule has 146 valence electrons. The highest BCUT2D eigenvalue weighted by molar-refractivity contribution is 5.39. The minimum absolute atomic E-state index is 0.230. The van der Waals surface area contributed by atoms with Crippen molar-refractivity contribution in [1.82, 2.24) is 9.80 Å². The highest BCUT2D eigenvalue weighted by atomic mass is 16.3. The molecule has 0 unspecified atom stereocenters. The summed E-state index contributed by atoms with van der Waals surface area (Å²) in [6.07, 6.45) is 4.71. The minimum Gasteiger partial charge on any atom is -0.395 e. The van der Waals surface area contributed by atoms with Crippen LogP contribution in [0.1, 0.15) is 49.7 Å². The van der Waals surface area contributed by atoms with Crippen molar-refractivity contribution in [3.63, 3.8) is 0 Å². The van der Waals surface area contributed by atoms with Gasteiger partial charge in [0.05, 0.1) is 6.61 Å². The fraction of sp³-hybridized carbons (Fsp3) is 0.652. The van der Waals surface area contributed by atoms with Crippen LogP contribution < -0.4 is 0 Å². The van der Waals surface area contributed by atoms with Crippen molar-refractivity contribution >= 4 is 0 Å². The third-order valence-electron chi connectivity index (χ3n) is 6.39. The summed E-state index contributed by atoms with van der Waals surface area (Å²) in [5, 5.41) is 19.4. The highest BCUT2D eigenvalue weighted by Gasteiger charge is 2.49. The van der Waals surface area contributed by atoms with Gasteiger partial charge in [-0.2, -0.15) is 0 Å². The summed E-state index contributed by atoms with van der Waals surface area (Å²) in [7, 11) is 0. The summed E-state index contributed by atoms with van der Waals surface area (Å²) in [5.41, 5.74) is 2.24. The van der Waals surface area contributed by atoms with E-state index in [1.54, 1.807) is 6.92 Å². The van der Waals surface area contributed by atoms with Gasteiger partial charge in [-0.3, -0.25) is 4.90 Å². The van der Waals surface area contributed by atoms with Crippen LogP contribution in [-0.2, 0) is 0 Å². The molecule has 1 saturated carbocycles. The van der Waals surface area contributed by atoms with E-state index in [9.17, 15) is 10.2 Å². The molecule has 1 aromatic carbocycles. The fourth-order valence-corrected chi connectivity index (χ4v) is 4.82. The second kappa shape index (κ2) is 8.32. The molecule has 0 amide bonds. The topological polar surface area (TPSA) is 46.9 Å². The number of hydrogen-bond acceptors (Lipinski definition) is 4. The summed E-state index contributed by atoms with van der Waals surface area (Å²) < 4.78 is 0. The van der Waals surface area contributed by atoms with Gasteiger partial charge in [-0.1, -0.05) is 24.0 Å². The zero-order valence-electron chi connectivity index (χ0n) is 16.3. The zero-order valence-corrected chi connectivity index (χ0v) is 16.3. The second-order valence-electron chi connectivity index (χ2n) is 8.56. The normalized spacial score (nSPS) is 30.3. The number of benzene rings is 1. The average Bonchev–Trinajstić information content (AvgIpc) is 3.45. The third kappa shape index (κ3) is 4.38. The smallest absolute Gasteiger partial charge is 0.112 e. The first-order valence-electron chi connectivity index (χ1n) is 10.5. The lowest BCUT2D eigenvalue weighted by atomic mass is 9.74. The van der Waals surface area contributed by atoms with Gasteiger partial charge in [-0.15, -0.1) is 0 Å². The predicted molar refractivity (Wildman–Crippen MR) is 108 cm³/mol. The molecule has 2 heterocycles. The monoisotopic (exact) mass is 368 g/mol. The largest absolute Gasteiger partial charge is 0.395 e. The van der Waals surface area contributed by atoms with E-state index in [-0.39, 0.29) is 12.6 Å². The van der Waals surface area contributed by atoms with Crippen LogP contribution in [0.4, 0.5) is 0 Å². The van der Waals surface area contributed by atoms with Crippen molar-refractivity contribution < 1.29 is 10.2 Å². The lowest BCUT2D eigenvalue weighted by molar-refractivity contribution is -0.0649. The van der Waals surface area contributed by atoms with E-state index < -0.39 is 6.10 Å². The molecule has 3 fully saturated rings. The molecule has 2 saturated heterocycles. The average molecular weight is 369 g/mol. The Bertz CT molecular complexity index is 687. The van der Waals surface area contributed by atoms with Crippen molar-refractivity contribution in [2.45, 2.75) is 56.7 Å². The van der Waals surface area contributed by atoms with Crippen LogP contribution >= 0.6 is 0 Å². The molecule has 3 aliphatic rings. The quantitative estimate of drug-likeness (QED) is 0.799. The first-order valence-corrected chi connectivity index (χ1v) is 10.5. The van der Waals surface area contributed by atoms with Crippen molar-refractivity contribution in [2.24, 2.45) is 5.92 Å². The lowest BCUT2D eigenvalue weighted by Crippen LogP contribution is -2.67. The van der Waals surface area contributed by atoms with Crippen LogP contribution in [0, 0.1) is 17.8 Å². The maximum Gasteiger partial charge on any atom is 0.112 e. The van der Waals surface area contributed by atoms with E-state index in [0.717, 1.165) is 24.6 Å². The molecule has 0 bridgehead atoms. The van der Waals surface area contributed by atoms with Crippen molar-refractivity contribution in [3.05, 3.63) is 35.4 Å². The van der Waals surface area contributed by atoms with Gasteiger partial charge in [0.1, 0.15) is 6.10 Å². The summed E-state index contributed by atoms with van der Waals surface area (Å²) in [4.78, 5) is 5.22. The standard InChI is InChI=1S/C23H32N2O2/c1-17(27)4-5-18-8-10-20(11-9-18)23-21-15-24(14-19-6-7-19)12-2-3-13-25(21)22(23)16-26/h8-11,17,19,21-23,26-27H,2-3,6-7,12-16H2,1H3/t17-,21-,22+,23-/m1/s1. The SMILES string of the molecule is C[C@@H](O)C#Cc1ccc([C@@H]2[C@H]3CN(CC4CC4)CCCCN3[C@H]2CO)cc1. The van der Waals surface area contributed by atoms with Crippen molar-refractivity contribution in [3.8, 4) is 11.8 Å². The summed E-state index contributed by atoms with van der Waals surface area (Å²) in [5.74, 6) is 7.14. The molecular weight excluding hydrogens is 336 g/mol. The van der Waals surface area contributed by atoms with Crippen LogP contribution in [0.5, 0.6) is 0 Å². The number of rotatable bonds is 4. The van der Waals surface area contributed by atoms with Crippen LogP contribution in [0.3, 0.4) is 0 Å². The maximum atomic E-state index is 10.0. The number of aliphatic hydroxyl groups excluding tert-OH is 2. The molecule has 27 heavy (non-hydrogen) atoms. The third-order valence-corrected chi connectivity index (χ3v) is 6.39. The number of nitrogens with zero attached hydrogens (tertiary/aromatic N) is 2. The first kappa shape index (κ1) is 19.0. The molecule has 0 aromatic heterocycles. The number of hydrogen-bond donors (Lipinski definition) is 2. The predicted octanol–water partition coefficient (Wildman–Crippen LogP) is 2.05. The maximum absolute atomic E-state index is 10.0. The molecule has 0 radical (unpaired) electrons. The Hall–Kier alpha value is -1.38. The molecule has 0 spiro atoms. The Morgan fingerprint density at radius 1 is 1.15 bits per heavy atom. The molecule has 1 aromatic rings. The minimum atomic E-state index is -0.601. The van der Waals surface area contributed by atoms with Crippen LogP contribution in [0.2, 0.25) is 0 Å². The number of aliphatic hydroxyl groups is 2. The van der Waals surface area contributed by atoms with Gasteiger partial charge in [-0.25, -0.2) is 0 Å². The van der Waals surface area contributed by atoms with E-state index in [4.69, 9.17) is 0 Å². The lowest BCUT2D eigenvalue weighted by Gasteiger charge is -2.57. The van der Waals surface area contributed by atoms with Crippen molar-refractivity contribution in [1.29, 1.82) is 0 Å². The molecule has 4 rings (SSSR count). The van der Waals surface area contributed by atoms with Crippen LogP contribution in [0.25, 0.3) is 0 Å². The summed E-state index contributed by atoms with van der Waals surface area (Å²) in [6, 6.07) is 9.18. The van der Waals surface area contributed by atoms with Gasteiger partial charge < -0.3 is 15.1 Å². The Morgan fingerprint density at radius 3 is 2.56 bits per heavy atom. The van der Waals surface area contributed by atoms with Gasteiger partial charge in [0.25, 0.3) is 0 Å². The van der Waals surface area contributed by atoms with E-state index in [0.29, 0.717) is 12.0 Å². The molecule has 1 aliphatic carbocycles. The number of fused-ring (bicyclic) bond motifs is 1. The first-order chi connectivity index (χ1) is 13.2. The molecule has 4 heteroatoms. The zero-order chi connectivity index (χ0) is 18.8. The van der Waals surface area contributed by atoms with Gasteiger partial charge in [-0.05, 0) is 69.3 Å². The fourth-order valence-electron chi connectivity index (χ4n) is 4.82. The van der Waals surface area contributed by atoms with Crippen molar-refractivity contribution in [2.75, 3.05) is 32.8 Å². The van der Waals surface area contributed by atoms with Gasteiger partial charge in [0, 0.05) is 36.7 Å². The van der Waals surface area contributed by atoms with E-state index in [1.807, 2.05) is 12.1 Å². The van der Waals surface area contributed by atoms with Crippen LogP contribution in [0.15, 0.2) is 24.3 Å². The van der Waals surface area contributed by atoms with E-state index in [1.165, 1.54) is 44.3 Å². The molecular formula is C23H32N2O2. The van der Waals surface area contributed by atoms with Gasteiger partial charge in [0.15, 0.2) is 0 Å². The Morgan fingerprint density at radius 2 is 1.89 bits per heavy atom. The summed E-state index contributed by atoms with van der Waals surface area (Å²) in [6.45, 7) is 6.63. The molecule has 2 aliphatic heterocycles. The van der Waals surface area contributed by atoms with Crippen LogP contribution in [-0.4, -0.2) is 71.0 Å². The Kier molecular flexibility index (Phi) is 5.85.